The van der Waals surface area contributed by atoms with Crippen LogP contribution in [0.25, 0.3) is 28.1 Å². The molecule has 0 unspecified atom stereocenters. The molecule has 0 amide bonds. The number of alkyl halides is 3. The second kappa shape index (κ2) is 8.51. The van der Waals surface area contributed by atoms with E-state index in [1.807, 2.05) is 6.92 Å². The van der Waals surface area contributed by atoms with Gasteiger partial charge in [-0.3, -0.25) is 0 Å². The number of para-hydroxylation sites is 1. The average Bonchev–Trinajstić information content (AvgIpc) is 3.20. The first-order chi connectivity index (χ1) is 15.6. The second-order valence-electron chi connectivity index (χ2n) is 7.66. The molecule has 0 saturated heterocycles. The van der Waals surface area contributed by atoms with Gasteiger partial charge >= 0.3 is 6.18 Å². The van der Waals surface area contributed by atoms with Crippen LogP contribution in [0.15, 0.2) is 83.8 Å². The first-order valence-electron chi connectivity index (χ1n) is 10.2. The van der Waals surface area contributed by atoms with Gasteiger partial charge in [0.1, 0.15) is 0 Å². The van der Waals surface area contributed by atoms with E-state index in [1.165, 1.54) is 28.9 Å². The highest BCUT2D eigenvalue weighted by atomic mass is 32.2. The minimum Gasteiger partial charge on any atom is -0.232 e. The summed E-state index contributed by atoms with van der Waals surface area (Å²) in [6.07, 6.45) is -2.85. The van der Waals surface area contributed by atoms with Crippen LogP contribution in [0.1, 0.15) is 18.2 Å². The van der Waals surface area contributed by atoms with Crippen LogP contribution in [0.3, 0.4) is 0 Å². The lowest BCUT2D eigenvalue weighted by Crippen LogP contribution is -2.08. The molecule has 0 radical (unpaired) electrons. The normalized spacial score (nSPS) is 12.2. The molecule has 4 aromatic rings. The SMILES string of the molecule is CCc1ccc(-c2c(C(F)(F)F)nn(-c3ccccc3)c2-c2ccc(S(C)(=O)=O)cc2)cc1. The predicted molar refractivity (Wildman–Crippen MR) is 122 cm³/mol. The van der Waals surface area contributed by atoms with Crippen LogP contribution in [0, 0.1) is 0 Å². The molecule has 0 fully saturated rings. The molecule has 8 heteroatoms. The molecule has 0 aliphatic carbocycles. The van der Waals surface area contributed by atoms with Crippen LogP contribution < -0.4 is 0 Å². The van der Waals surface area contributed by atoms with E-state index in [1.54, 1.807) is 54.6 Å². The Morgan fingerprint density at radius 3 is 1.94 bits per heavy atom. The number of hydrogen-bond donors (Lipinski definition) is 0. The van der Waals surface area contributed by atoms with E-state index >= 15 is 0 Å². The van der Waals surface area contributed by atoms with Gasteiger partial charge in [0.2, 0.25) is 0 Å². The fraction of sp³-hybridized carbons (Fsp3) is 0.160. The van der Waals surface area contributed by atoms with E-state index in [-0.39, 0.29) is 16.2 Å². The number of aromatic nitrogens is 2. The number of aryl methyl sites for hydroxylation is 1. The zero-order valence-electron chi connectivity index (χ0n) is 18.0. The molecule has 0 bridgehead atoms. The Morgan fingerprint density at radius 2 is 1.42 bits per heavy atom. The Balaban J connectivity index is 2.05. The van der Waals surface area contributed by atoms with Crippen molar-refractivity contribution in [1.29, 1.82) is 0 Å². The van der Waals surface area contributed by atoms with E-state index in [0.29, 0.717) is 16.8 Å². The average molecular weight is 471 g/mol. The number of nitrogens with zero attached hydrogens (tertiary/aromatic N) is 2. The summed E-state index contributed by atoms with van der Waals surface area (Å²) >= 11 is 0. The Labute approximate surface area is 190 Å². The maximum atomic E-state index is 14.2. The van der Waals surface area contributed by atoms with Gasteiger partial charge in [-0.1, -0.05) is 61.5 Å². The molecule has 4 nitrogen and oxygen atoms in total. The van der Waals surface area contributed by atoms with Crippen LogP contribution in [0.4, 0.5) is 13.2 Å². The molecule has 0 aliphatic rings. The van der Waals surface area contributed by atoms with Crippen LogP contribution >= 0.6 is 0 Å². The van der Waals surface area contributed by atoms with Gasteiger partial charge < -0.3 is 0 Å². The smallest absolute Gasteiger partial charge is 0.232 e. The Kier molecular flexibility index (Phi) is 5.88. The predicted octanol–water partition coefficient (Wildman–Crippen LogP) is 6.19. The molecule has 0 saturated carbocycles. The number of benzene rings is 3. The van der Waals surface area contributed by atoms with Crippen molar-refractivity contribution in [2.45, 2.75) is 24.4 Å². The molecule has 4 rings (SSSR count). The second-order valence-corrected chi connectivity index (χ2v) is 9.68. The summed E-state index contributed by atoms with van der Waals surface area (Å²) in [7, 11) is -3.45. The third-order valence-corrected chi connectivity index (χ3v) is 6.49. The number of sulfone groups is 1. The molecule has 0 aliphatic heterocycles. The molecular formula is C25H21F3N2O2S. The quantitative estimate of drug-likeness (QED) is 0.349. The summed E-state index contributed by atoms with van der Waals surface area (Å²) in [5, 5.41) is 3.99. The maximum absolute atomic E-state index is 14.2. The van der Waals surface area contributed by atoms with Gasteiger partial charge in [0.15, 0.2) is 15.5 Å². The molecule has 1 aromatic heterocycles. The van der Waals surface area contributed by atoms with Gasteiger partial charge in [0.25, 0.3) is 0 Å². The molecule has 0 atom stereocenters. The van der Waals surface area contributed by atoms with Crippen molar-refractivity contribution >= 4 is 9.84 Å². The molecule has 3 aromatic carbocycles. The summed E-state index contributed by atoms with van der Waals surface area (Å²) < 4.78 is 67.5. The molecule has 170 valence electrons. The van der Waals surface area contributed by atoms with Gasteiger partial charge in [-0.2, -0.15) is 18.3 Å². The zero-order chi connectivity index (χ0) is 23.8. The minimum atomic E-state index is -4.69. The van der Waals surface area contributed by atoms with Crippen LogP contribution in [-0.2, 0) is 22.4 Å². The highest BCUT2D eigenvalue weighted by molar-refractivity contribution is 7.90. The van der Waals surface area contributed by atoms with E-state index in [2.05, 4.69) is 5.10 Å². The lowest BCUT2D eigenvalue weighted by atomic mass is 9.97. The Hall–Kier alpha value is -3.39. The van der Waals surface area contributed by atoms with Crippen LogP contribution in [0.2, 0.25) is 0 Å². The molecular weight excluding hydrogens is 449 g/mol. The number of halogens is 3. The number of hydrogen-bond acceptors (Lipinski definition) is 3. The van der Waals surface area contributed by atoms with Crippen molar-refractivity contribution in [3.05, 3.63) is 90.1 Å². The van der Waals surface area contributed by atoms with Gasteiger partial charge in [0, 0.05) is 17.4 Å². The monoisotopic (exact) mass is 470 g/mol. The molecule has 0 spiro atoms. The van der Waals surface area contributed by atoms with Crippen molar-refractivity contribution in [2.24, 2.45) is 0 Å². The summed E-state index contributed by atoms with van der Waals surface area (Å²) in [5.74, 6) is 0. The zero-order valence-corrected chi connectivity index (χ0v) is 18.8. The highest BCUT2D eigenvalue weighted by Crippen LogP contribution is 2.43. The molecule has 1 heterocycles. The lowest BCUT2D eigenvalue weighted by molar-refractivity contribution is -0.140. The van der Waals surface area contributed by atoms with E-state index < -0.39 is 21.7 Å². The Bertz CT molecular complexity index is 1370. The first kappa shape index (κ1) is 22.8. The van der Waals surface area contributed by atoms with Gasteiger partial charge in [-0.05, 0) is 41.8 Å². The lowest BCUT2D eigenvalue weighted by Gasteiger charge is -2.12. The van der Waals surface area contributed by atoms with E-state index in [9.17, 15) is 21.6 Å². The van der Waals surface area contributed by atoms with E-state index in [0.717, 1.165) is 18.2 Å². The highest BCUT2D eigenvalue weighted by Gasteiger charge is 2.40. The maximum Gasteiger partial charge on any atom is 0.435 e. The summed E-state index contributed by atoms with van der Waals surface area (Å²) in [4.78, 5) is 0.0851. The van der Waals surface area contributed by atoms with Crippen molar-refractivity contribution in [3.8, 4) is 28.1 Å². The van der Waals surface area contributed by atoms with Crippen LogP contribution in [-0.4, -0.2) is 24.5 Å². The molecule has 33 heavy (non-hydrogen) atoms. The first-order valence-corrected chi connectivity index (χ1v) is 12.1. The van der Waals surface area contributed by atoms with Crippen molar-refractivity contribution in [2.75, 3.05) is 6.26 Å². The topological polar surface area (TPSA) is 52.0 Å². The number of rotatable bonds is 5. The fourth-order valence-electron chi connectivity index (χ4n) is 3.68. The van der Waals surface area contributed by atoms with Gasteiger partial charge in [-0.15, -0.1) is 0 Å². The standard InChI is InChI=1S/C25H21F3N2O2S/c1-3-17-9-11-18(12-10-17)22-23(19-13-15-21(16-14-19)33(2,31)32)30(20-7-5-4-6-8-20)29-24(22)25(26,27)28/h4-16H,3H2,1-2H3. The van der Waals surface area contributed by atoms with Crippen LogP contribution in [0.5, 0.6) is 0 Å². The largest absolute Gasteiger partial charge is 0.435 e. The van der Waals surface area contributed by atoms with Crippen molar-refractivity contribution < 1.29 is 21.6 Å². The summed E-state index contributed by atoms with van der Waals surface area (Å²) in [6, 6.07) is 21.3. The third-order valence-electron chi connectivity index (χ3n) is 5.36. The Morgan fingerprint density at radius 1 is 0.848 bits per heavy atom. The summed E-state index contributed by atoms with van der Waals surface area (Å²) in [6.45, 7) is 1.97. The summed E-state index contributed by atoms with van der Waals surface area (Å²) in [5.41, 5.74) is 1.44. The van der Waals surface area contributed by atoms with Crippen molar-refractivity contribution in [1.82, 2.24) is 9.78 Å². The fourth-order valence-corrected chi connectivity index (χ4v) is 4.31. The van der Waals surface area contributed by atoms with Crippen molar-refractivity contribution in [3.63, 3.8) is 0 Å². The third kappa shape index (κ3) is 4.57. The molecule has 0 N–H and O–H groups in total. The minimum absolute atomic E-state index is 0.0545. The van der Waals surface area contributed by atoms with Gasteiger partial charge in [0.05, 0.1) is 16.3 Å². The van der Waals surface area contributed by atoms with Gasteiger partial charge in [-0.25, -0.2) is 13.1 Å². The van der Waals surface area contributed by atoms with E-state index in [4.69, 9.17) is 0 Å².